The molecule has 6 nitrogen and oxygen atoms in total. The van der Waals surface area contributed by atoms with Crippen LogP contribution in [0, 0.1) is 0 Å². The molecule has 2 aliphatic heterocycles. The number of benzene rings is 3. The SMILES string of the molecule is C=CC1=C(/C=C\C)C(c2ccc3c(c2)C(=O)OC(=O)C3)(c2ccc3c(c2)C(=O)OC3=O)c2ccccc21.CC. The van der Waals surface area contributed by atoms with Gasteiger partial charge in [-0.25, -0.2) is 14.4 Å². The predicted octanol–water partition coefficient (Wildman–Crippen LogP) is 6.13. The zero-order chi connectivity index (χ0) is 27.9. The molecule has 0 saturated heterocycles. The molecular weight excluding hydrogens is 492 g/mol. The summed E-state index contributed by atoms with van der Waals surface area (Å²) in [7, 11) is 0. The van der Waals surface area contributed by atoms with Gasteiger partial charge in [0, 0.05) is 0 Å². The summed E-state index contributed by atoms with van der Waals surface area (Å²) in [4.78, 5) is 49.3. The molecule has 0 N–H and O–H groups in total. The van der Waals surface area contributed by atoms with E-state index < -0.39 is 29.3 Å². The van der Waals surface area contributed by atoms with E-state index in [-0.39, 0.29) is 17.5 Å². The first-order valence-corrected chi connectivity index (χ1v) is 12.8. The lowest BCUT2D eigenvalue weighted by atomic mass is 9.66. The molecule has 6 rings (SSSR count). The van der Waals surface area contributed by atoms with Crippen molar-refractivity contribution in [3.8, 4) is 0 Å². The summed E-state index contributed by atoms with van der Waals surface area (Å²) in [5.41, 5.74) is 5.49. The van der Waals surface area contributed by atoms with Gasteiger partial charge in [-0.3, -0.25) is 4.79 Å². The third-order valence-electron chi connectivity index (χ3n) is 7.23. The fraction of sp³-hybridized carbons (Fsp3) is 0.152. The first-order chi connectivity index (χ1) is 18.9. The quantitative estimate of drug-likeness (QED) is 0.305. The lowest BCUT2D eigenvalue weighted by Gasteiger charge is -2.35. The molecule has 6 heteroatoms. The van der Waals surface area contributed by atoms with Crippen molar-refractivity contribution < 1.29 is 28.7 Å². The maximum atomic E-state index is 12.7. The van der Waals surface area contributed by atoms with E-state index in [4.69, 9.17) is 9.47 Å². The van der Waals surface area contributed by atoms with Crippen LogP contribution in [0.25, 0.3) is 5.57 Å². The fourth-order valence-electron chi connectivity index (χ4n) is 5.75. The number of esters is 4. The molecule has 194 valence electrons. The first kappa shape index (κ1) is 25.8. The minimum atomic E-state index is -0.968. The van der Waals surface area contributed by atoms with E-state index >= 15 is 0 Å². The smallest absolute Gasteiger partial charge is 0.346 e. The molecular formula is C33H26O6. The van der Waals surface area contributed by atoms with Gasteiger partial charge in [-0.15, -0.1) is 0 Å². The second-order valence-corrected chi connectivity index (χ2v) is 9.07. The Morgan fingerprint density at radius 1 is 0.769 bits per heavy atom. The zero-order valence-corrected chi connectivity index (χ0v) is 21.9. The predicted molar refractivity (Wildman–Crippen MR) is 146 cm³/mol. The highest BCUT2D eigenvalue weighted by molar-refractivity contribution is 6.15. The van der Waals surface area contributed by atoms with Crippen LogP contribution in [0.5, 0.6) is 0 Å². The number of fused-ring (bicyclic) bond motifs is 3. The van der Waals surface area contributed by atoms with Gasteiger partial charge in [0.2, 0.25) is 0 Å². The van der Waals surface area contributed by atoms with Crippen LogP contribution in [0.4, 0.5) is 0 Å². The van der Waals surface area contributed by atoms with Gasteiger partial charge >= 0.3 is 23.9 Å². The Kier molecular flexibility index (Phi) is 6.48. The van der Waals surface area contributed by atoms with Gasteiger partial charge < -0.3 is 9.47 Å². The van der Waals surface area contributed by atoms with Crippen LogP contribution >= 0.6 is 0 Å². The minimum Gasteiger partial charge on any atom is -0.389 e. The summed E-state index contributed by atoms with van der Waals surface area (Å²) in [6.07, 6.45) is 5.73. The van der Waals surface area contributed by atoms with Crippen molar-refractivity contribution in [3.63, 3.8) is 0 Å². The van der Waals surface area contributed by atoms with Crippen LogP contribution in [0.15, 0.2) is 91.0 Å². The number of rotatable bonds is 4. The van der Waals surface area contributed by atoms with E-state index in [2.05, 4.69) is 6.58 Å². The van der Waals surface area contributed by atoms with Crippen LogP contribution in [0.1, 0.15) is 79.7 Å². The molecule has 0 spiro atoms. The highest BCUT2D eigenvalue weighted by atomic mass is 16.6. The number of carbonyl (C=O) groups is 4. The molecule has 1 unspecified atom stereocenters. The molecule has 0 fully saturated rings. The van der Waals surface area contributed by atoms with E-state index in [0.717, 1.165) is 33.4 Å². The van der Waals surface area contributed by atoms with Crippen molar-refractivity contribution in [2.24, 2.45) is 0 Å². The molecule has 0 amide bonds. The third-order valence-corrected chi connectivity index (χ3v) is 7.23. The summed E-state index contributed by atoms with van der Waals surface area (Å²) < 4.78 is 9.78. The van der Waals surface area contributed by atoms with Gasteiger partial charge in [0.15, 0.2) is 0 Å². The van der Waals surface area contributed by atoms with Crippen molar-refractivity contribution in [2.75, 3.05) is 0 Å². The Labute approximate surface area is 226 Å². The summed E-state index contributed by atoms with van der Waals surface area (Å²) in [5, 5.41) is 0. The number of ether oxygens (including phenoxy) is 2. The molecule has 0 aromatic heterocycles. The van der Waals surface area contributed by atoms with Crippen LogP contribution < -0.4 is 0 Å². The molecule has 1 aliphatic carbocycles. The third kappa shape index (κ3) is 3.71. The van der Waals surface area contributed by atoms with Crippen molar-refractivity contribution in [3.05, 3.63) is 136 Å². The molecule has 0 radical (unpaired) electrons. The Balaban J connectivity index is 0.00000151. The van der Waals surface area contributed by atoms with Crippen LogP contribution in [0.2, 0.25) is 0 Å². The lowest BCUT2D eigenvalue weighted by molar-refractivity contribution is -0.137. The molecule has 39 heavy (non-hydrogen) atoms. The molecule has 1 atom stereocenters. The minimum absolute atomic E-state index is 0.00715. The van der Waals surface area contributed by atoms with Crippen molar-refractivity contribution >= 4 is 29.5 Å². The first-order valence-electron chi connectivity index (χ1n) is 12.8. The number of allylic oxidation sites excluding steroid dienone is 5. The molecule has 0 saturated carbocycles. The van der Waals surface area contributed by atoms with Crippen molar-refractivity contribution in [2.45, 2.75) is 32.6 Å². The Morgan fingerprint density at radius 2 is 1.41 bits per heavy atom. The van der Waals surface area contributed by atoms with Crippen molar-refractivity contribution in [1.82, 2.24) is 0 Å². The summed E-state index contributed by atoms with van der Waals surface area (Å²) in [6, 6.07) is 18.4. The Morgan fingerprint density at radius 3 is 2.13 bits per heavy atom. The van der Waals surface area contributed by atoms with Gasteiger partial charge in [0.1, 0.15) is 0 Å². The number of carbonyl (C=O) groups excluding carboxylic acids is 4. The van der Waals surface area contributed by atoms with Crippen LogP contribution in [-0.2, 0) is 26.1 Å². The summed E-state index contributed by atoms with van der Waals surface area (Å²) in [5.74, 6) is -2.66. The number of hydrogen-bond donors (Lipinski definition) is 0. The topological polar surface area (TPSA) is 86.7 Å². The van der Waals surface area contributed by atoms with Gasteiger partial charge in [-0.2, -0.15) is 0 Å². The van der Waals surface area contributed by atoms with Crippen LogP contribution in [-0.4, -0.2) is 23.9 Å². The Bertz CT molecular complexity index is 1650. The molecule has 3 aromatic rings. The highest BCUT2D eigenvalue weighted by Crippen LogP contribution is 2.55. The van der Waals surface area contributed by atoms with Gasteiger partial charge in [0.05, 0.1) is 28.5 Å². The fourth-order valence-corrected chi connectivity index (χ4v) is 5.75. The lowest BCUT2D eigenvalue weighted by Crippen LogP contribution is -2.31. The van der Waals surface area contributed by atoms with Gasteiger partial charge in [-0.1, -0.05) is 81.1 Å². The maximum absolute atomic E-state index is 12.7. The molecule has 0 bridgehead atoms. The average Bonchev–Trinajstić information content (AvgIpc) is 3.40. The summed E-state index contributed by atoms with van der Waals surface area (Å²) >= 11 is 0. The Hall–Kier alpha value is -4.84. The van der Waals surface area contributed by atoms with Crippen molar-refractivity contribution in [1.29, 1.82) is 0 Å². The zero-order valence-electron chi connectivity index (χ0n) is 21.9. The molecule has 2 heterocycles. The monoisotopic (exact) mass is 518 g/mol. The number of cyclic esters (lactones) is 4. The second kappa shape index (κ2) is 9.80. The largest absolute Gasteiger partial charge is 0.389 e. The van der Waals surface area contributed by atoms with Crippen LogP contribution in [0.3, 0.4) is 0 Å². The normalized spacial score (nSPS) is 19.2. The molecule has 3 aromatic carbocycles. The van der Waals surface area contributed by atoms with Gasteiger partial charge in [0.25, 0.3) is 0 Å². The number of hydrogen-bond acceptors (Lipinski definition) is 6. The van der Waals surface area contributed by atoms with E-state index in [1.54, 1.807) is 30.3 Å². The maximum Gasteiger partial charge on any atom is 0.346 e. The standard InChI is InChI=1S/C31H20O6.C2H6/c1-3-7-25-20(4-2)21-8-5-6-9-26(21)31(25,19-12-13-22-24(16-19)30(35)37-28(22)33)18-11-10-17-14-27(32)36-29(34)23(17)15-18;1-2/h3-13,15-16H,2,14H2,1H3;1-2H3/b7-3-;. The van der Waals surface area contributed by atoms with Gasteiger partial charge in [-0.05, 0) is 64.1 Å². The van der Waals surface area contributed by atoms with E-state index in [9.17, 15) is 19.2 Å². The second-order valence-electron chi connectivity index (χ2n) is 9.07. The van der Waals surface area contributed by atoms with E-state index in [1.165, 1.54) is 0 Å². The average molecular weight is 519 g/mol. The summed E-state index contributed by atoms with van der Waals surface area (Å²) in [6.45, 7) is 9.99. The molecule has 3 aliphatic rings. The highest BCUT2D eigenvalue weighted by Gasteiger charge is 2.48. The van der Waals surface area contributed by atoms with E-state index in [0.29, 0.717) is 11.1 Å². The van der Waals surface area contributed by atoms with E-state index in [1.807, 2.05) is 69.3 Å².